The van der Waals surface area contributed by atoms with Crippen LogP contribution in [0.1, 0.15) is 6.42 Å². The Morgan fingerprint density at radius 1 is 1.29 bits per heavy atom. The number of amides is 3. The number of aromatic nitrogens is 3. The first-order valence-electron chi connectivity index (χ1n) is 6.30. The molecule has 8 heteroatoms. The average molecular weight is 305 g/mol. The lowest BCUT2D eigenvalue weighted by molar-refractivity contribution is -0.119. The Bertz CT molecular complexity index is 614. The van der Waals surface area contributed by atoms with Crippen LogP contribution in [-0.2, 0) is 4.79 Å². The van der Waals surface area contributed by atoms with E-state index in [0.717, 1.165) is 5.69 Å². The zero-order chi connectivity index (χ0) is 15.1. The van der Waals surface area contributed by atoms with Gasteiger partial charge in [-0.25, -0.2) is 4.79 Å². The third-order valence-electron chi connectivity index (χ3n) is 2.59. The highest BCUT2D eigenvalue weighted by molar-refractivity contribution is 7.99. The van der Waals surface area contributed by atoms with Crippen molar-refractivity contribution in [3.8, 4) is 5.69 Å². The van der Waals surface area contributed by atoms with E-state index in [4.69, 9.17) is 0 Å². The quantitative estimate of drug-likeness (QED) is 0.810. The van der Waals surface area contributed by atoms with Gasteiger partial charge in [0.15, 0.2) is 5.16 Å². The fraction of sp³-hybridized carbons (Fsp3) is 0.231. The summed E-state index contributed by atoms with van der Waals surface area (Å²) in [4.78, 5) is 22.4. The van der Waals surface area contributed by atoms with Crippen molar-refractivity contribution in [2.45, 2.75) is 11.6 Å². The Labute approximate surface area is 126 Å². The molecule has 0 aliphatic carbocycles. The molecule has 0 saturated carbocycles. The third kappa shape index (κ3) is 4.32. The minimum atomic E-state index is -0.502. The van der Waals surface area contributed by atoms with Crippen LogP contribution in [0.3, 0.4) is 0 Å². The smallest absolute Gasteiger partial charge is 0.321 e. The van der Waals surface area contributed by atoms with E-state index in [1.807, 2.05) is 34.9 Å². The lowest BCUT2D eigenvalue weighted by atomic mass is 10.3. The summed E-state index contributed by atoms with van der Waals surface area (Å²) in [5.41, 5.74) is 0.958. The van der Waals surface area contributed by atoms with Crippen molar-refractivity contribution < 1.29 is 9.59 Å². The molecule has 0 saturated heterocycles. The first-order chi connectivity index (χ1) is 10.2. The SMILES string of the molecule is CNC(=O)NC(=O)CCSc1nncn1-c1ccccc1. The lowest BCUT2D eigenvalue weighted by Gasteiger charge is -2.06. The van der Waals surface area contributed by atoms with Crippen LogP contribution in [0.4, 0.5) is 4.79 Å². The molecule has 2 N–H and O–H groups in total. The second-order valence-electron chi connectivity index (χ2n) is 4.04. The minimum absolute atomic E-state index is 0.222. The number of urea groups is 1. The van der Waals surface area contributed by atoms with Gasteiger partial charge in [-0.1, -0.05) is 30.0 Å². The summed E-state index contributed by atoms with van der Waals surface area (Å²) in [6.07, 6.45) is 1.85. The molecule has 2 rings (SSSR count). The summed E-state index contributed by atoms with van der Waals surface area (Å²) < 4.78 is 1.85. The van der Waals surface area contributed by atoms with Crippen molar-refractivity contribution in [3.63, 3.8) is 0 Å². The van der Waals surface area contributed by atoms with E-state index >= 15 is 0 Å². The van der Waals surface area contributed by atoms with Crippen LogP contribution >= 0.6 is 11.8 Å². The molecule has 0 fully saturated rings. The molecular weight excluding hydrogens is 290 g/mol. The number of imide groups is 1. The normalized spacial score (nSPS) is 10.1. The van der Waals surface area contributed by atoms with Crippen molar-refractivity contribution in [3.05, 3.63) is 36.7 Å². The van der Waals surface area contributed by atoms with Crippen molar-refractivity contribution in [1.29, 1.82) is 0 Å². The largest absolute Gasteiger partial charge is 0.341 e. The molecule has 1 heterocycles. The maximum atomic E-state index is 11.5. The van der Waals surface area contributed by atoms with Crippen LogP contribution in [0.25, 0.3) is 5.69 Å². The second-order valence-corrected chi connectivity index (χ2v) is 5.11. The number of benzene rings is 1. The molecule has 0 atom stereocenters. The summed E-state index contributed by atoms with van der Waals surface area (Å²) >= 11 is 1.41. The maximum absolute atomic E-state index is 11.5. The molecule has 7 nitrogen and oxygen atoms in total. The summed E-state index contributed by atoms with van der Waals surface area (Å²) in [7, 11) is 1.46. The molecule has 1 aromatic heterocycles. The number of carbonyl (C=O) groups is 2. The fourth-order valence-corrected chi connectivity index (χ4v) is 2.44. The van der Waals surface area contributed by atoms with Gasteiger partial charge >= 0.3 is 6.03 Å². The number of carbonyl (C=O) groups excluding carboxylic acids is 2. The molecule has 3 amide bonds. The van der Waals surface area contributed by atoms with Gasteiger partial charge < -0.3 is 5.32 Å². The van der Waals surface area contributed by atoms with Crippen molar-refractivity contribution in [1.82, 2.24) is 25.4 Å². The molecule has 0 aliphatic heterocycles. The molecule has 0 spiro atoms. The Morgan fingerprint density at radius 2 is 2.05 bits per heavy atom. The summed E-state index contributed by atoms with van der Waals surface area (Å²) in [5, 5.41) is 13.2. The number of para-hydroxylation sites is 1. The predicted molar refractivity (Wildman–Crippen MR) is 79.3 cm³/mol. The molecule has 1 aromatic carbocycles. The standard InChI is InChI=1S/C13H15N5O2S/c1-14-12(20)16-11(19)7-8-21-13-17-15-9-18(13)10-5-3-2-4-6-10/h2-6,9H,7-8H2,1H3,(H2,14,16,19,20). The van der Waals surface area contributed by atoms with Gasteiger partial charge in [-0.05, 0) is 12.1 Å². The zero-order valence-electron chi connectivity index (χ0n) is 11.4. The highest BCUT2D eigenvalue weighted by Gasteiger charge is 2.09. The van der Waals surface area contributed by atoms with Crippen molar-refractivity contribution in [2.75, 3.05) is 12.8 Å². The van der Waals surface area contributed by atoms with Crippen LogP contribution in [0.5, 0.6) is 0 Å². The van der Waals surface area contributed by atoms with Crippen LogP contribution in [-0.4, -0.2) is 39.5 Å². The van der Waals surface area contributed by atoms with E-state index in [-0.39, 0.29) is 12.3 Å². The Kier molecular flexibility index (Phi) is 5.33. The van der Waals surface area contributed by atoms with E-state index < -0.39 is 6.03 Å². The van der Waals surface area contributed by atoms with Gasteiger partial charge in [-0.15, -0.1) is 10.2 Å². The fourth-order valence-electron chi connectivity index (χ4n) is 1.58. The van der Waals surface area contributed by atoms with E-state index in [1.165, 1.54) is 18.8 Å². The predicted octanol–water partition coefficient (Wildman–Crippen LogP) is 1.21. The number of rotatable bonds is 5. The molecule has 0 unspecified atom stereocenters. The van der Waals surface area contributed by atoms with E-state index in [2.05, 4.69) is 20.8 Å². The van der Waals surface area contributed by atoms with Crippen molar-refractivity contribution in [2.24, 2.45) is 0 Å². The van der Waals surface area contributed by atoms with E-state index in [9.17, 15) is 9.59 Å². The highest BCUT2D eigenvalue weighted by atomic mass is 32.2. The number of thioether (sulfide) groups is 1. The van der Waals surface area contributed by atoms with Crippen LogP contribution in [0, 0.1) is 0 Å². The van der Waals surface area contributed by atoms with Gasteiger partial charge in [-0.3, -0.25) is 14.7 Å². The number of nitrogens with one attached hydrogen (secondary N) is 2. The Balaban J connectivity index is 1.89. The number of nitrogens with zero attached hydrogens (tertiary/aromatic N) is 3. The van der Waals surface area contributed by atoms with Gasteiger partial charge in [0, 0.05) is 24.9 Å². The molecule has 21 heavy (non-hydrogen) atoms. The minimum Gasteiger partial charge on any atom is -0.341 e. The zero-order valence-corrected chi connectivity index (χ0v) is 12.3. The third-order valence-corrected chi connectivity index (χ3v) is 3.54. The number of hydrogen-bond donors (Lipinski definition) is 2. The van der Waals surface area contributed by atoms with Crippen LogP contribution in [0.15, 0.2) is 41.8 Å². The molecule has 0 radical (unpaired) electrons. The van der Waals surface area contributed by atoms with E-state index in [0.29, 0.717) is 10.9 Å². The average Bonchev–Trinajstić information content (AvgIpc) is 2.96. The number of hydrogen-bond acceptors (Lipinski definition) is 5. The molecule has 110 valence electrons. The van der Waals surface area contributed by atoms with Crippen LogP contribution in [0.2, 0.25) is 0 Å². The lowest BCUT2D eigenvalue weighted by Crippen LogP contribution is -2.37. The monoisotopic (exact) mass is 305 g/mol. The second kappa shape index (κ2) is 7.44. The molecule has 0 bridgehead atoms. The Hall–Kier alpha value is -2.35. The Morgan fingerprint density at radius 3 is 2.76 bits per heavy atom. The van der Waals surface area contributed by atoms with Crippen LogP contribution < -0.4 is 10.6 Å². The maximum Gasteiger partial charge on any atom is 0.321 e. The van der Waals surface area contributed by atoms with Crippen molar-refractivity contribution >= 4 is 23.7 Å². The first kappa shape index (κ1) is 15.0. The summed E-state index contributed by atoms with van der Waals surface area (Å²) in [5.74, 6) is 0.182. The van der Waals surface area contributed by atoms with E-state index in [1.54, 1.807) is 6.33 Å². The first-order valence-corrected chi connectivity index (χ1v) is 7.29. The molecule has 0 aliphatic rings. The summed E-state index contributed by atoms with van der Waals surface area (Å²) in [6.45, 7) is 0. The van der Waals surface area contributed by atoms with Gasteiger partial charge in [0.25, 0.3) is 0 Å². The topological polar surface area (TPSA) is 88.9 Å². The highest BCUT2D eigenvalue weighted by Crippen LogP contribution is 2.19. The molecular formula is C13H15N5O2S. The molecule has 2 aromatic rings. The van der Waals surface area contributed by atoms with Gasteiger partial charge in [0.1, 0.15) is 6.33 Å². The van der Waals surface area contributed by atoms with Gasteiger partial charge in [0.2, 0.25) is 5.91 Å². The van der Waals surface area contributed by atoms with Gasteiger partial charge in [0.05, 0.1) is 0 Å². The van der Waals surface area contributed by atoms with Gasteiger partial charge in [-0.2, -0.15) is 0 Å². The summed E-state index contributed by atoms with van der Waals surface area (Å²) in [6, 6.07) is 9.19.